The zero-order valence-corrected chi connectivity index (χ0v) is 16.0. The lowest BCUT2D eigenvalue weighted by Gasteiger charge is -2.16. The first kappa shape index (κ1) is 17.9. The summed E-state index contributed by atoms with van der Waals surface area (Å²) in [7, 11) is 0. The topological polar surface area (TPSA) is 43.4 Å². The molecule has 132 valence electrons. The molecule has 1 aliphatic carbocycles. The van der Waals surface area contributed by atoms with E-state index in [-0.39, 0.29) is 5.78 Å². The summed E-state index contributed by atoms with van der Waals surface area (Å²) in [6.45, 7) is 7.86. The van der Waals surface area contributed by atoms with Crippen molar-refractivity contribution in [2.45, 2.75) is 53.1 Å². The second-order valence-corrected chi connectivity index (χ2v) is 8.25. The molecule has 1 aliphatic rings. The van der Waals surface area contributed by atoms with E-state index in [1.807, 2.05) is 32.0 Å². The third-order valence-corrected chi connectivity index (χ3v) is 6.19. The molecule has 2 atom stereocenters. The van der Waals surface area contributed by atoms with Gasteiger partial charge < -0.3 is 4.74 Å². The second-order valence-electron chi connectivity index (χ2n) is 7.12. The molecule has 3 rings (SSSR count). The van der Waals surface area contributed by atoms with Gasteiger partial charge in [0, 0.05) is 10.4 Å². The van der Waals surface area contributed by atoms with E-state index in [0.717, 1.165) is 24.0 Å². The Labute approximate surface area is 153 Å². The normalized spacial score (nSPS) is 17.7. The van der Waals surface area contributed by atoms with Crippen LogP contribution in [0, 0.1) is 19.8 Å². The van der Waals surface area contributed by atoms with E-state index in [9.17, 15) is 9.59 Å². The van der Waals surface area contributed by atoms with Gasteiger partial charge in [-0.2, -0.15) is 0 Å². The van der Waals surface area contributed by atoms with Crippen molar-refractivity contribution in [1.29, 1.82) is 0 Å². The quantitative estimate of drug-likeness (QED) is 0.577. The molecule has 0 fully saturated rings. The van der Waals surface area contributed by atoms with Gasteiger partial charge in [0.15, 0.2) is 6.10 Å². The molecule has 0 amide bonds. The number of hydrogen-bond donors (Lipinski definition) is 0. The summed E-state index contributed by atoms with van der Waals surface area (Å²) in [4.78, 5) is 26.9. The maximum Gasteiger partial charge on any atom is 0.349 e. The molecular weight excluding hydrogens is 332 g/mol. The van der Waals surface area contributed by atoms with Crippen molar-refractivity contribution in [3.05, 3.63) is 56.3 Å². The Bertz CT molecular complexity index is 819. The number of benzene rings is 1. The Kier molecular flexibility index (Phi) is 5.09. The highest BCUT2D eigenvalue weighted by Gasteiger charge is 2.24. The molecule has 0 bridgehead atoms. The zero-order chi connectivity index (χ0) is 18.1. The standard InChI is InChI=1S/C21H24O3S/c1-12-5-8-18-17(9-12)11-19(25-18)21(23)24-15(4)20(22)16-7-6-13(2)14(3)10-16/h6-7,10-12,15H,5,8-9H2,1-4H3/t12-,15+/m1/s1. The number of hydrogen-bond acceptors (Lipinski definition) is 4. The molecule has 4 heteroatoms. The monoisotopic (exact) mass is 356 g/mol. The number of rotatable bonds is 4. The van der Waals surface area contributed by atoms with Crippen molar-refractivity contribution in [2.75, 3.05) is 0 Å². The van der Waals surface area contributed by atoms with Crippen LogP contribution in [0.2, 0.25) is 0 Å². The largest absolute Gasteiger partial charge is 0.450 e. The highest BCUT2D eigenvalue weighted by Crippen LogP contribution is 2.32. The fraction of sp³-hybridized carbons (Fsp3) is 0.429. The fourth-order valence-electron chi connectivity index (χ4n) is 3.21. The molecule has 1 aromatic carbocycles. The molecule has 0 N–H and O–H groups in total. The number of thiophene rings is 1. The molecule has 1 heterocycles. The van der Waals surface area contributed by atoms with E-state index in [2.05, 4.69) is 6.92 Å². The number of carbonyl (C=O) groups is 2. The molecule has 0 unspecified atom stereocenters. The first-order valence-electron chi connectivity index (χ1n) is 8.79. The van der Waals surface area contributed by atoms with Crippen LogP contribution in [0.25, 0.3) is 0 Å². The molecule has 0 aliphatic heterocycles. The maximum absolute atomic E-state index is 12.5. The summed E-state index contributed by atoms with van der Waals surface area (Å²) in [6.07, 6.45) is 2.44. The van der Waals surface area contributed by atoms with Crippen LogP contribution in [0.15, 0.2) is 24.3 Å². The van der Waals surface area contributed by atoms with E-state index in [0.29, 0.717) is 16.4 Å². The minimum Gasteiger partial charge on any atom is -0.450 e. The van der Waals surface area contributed by atoms with Crippen molar-refractivity contribution >= 4 is 23.1 Å². The Balaban J connectivity index is 1.70. The SMILES string of the molecule is Cc1ccc(C(=O)[C@H](C)OC(=O)c2cc3c(s2)CC[C@@H](C)C3)cc1C. The van der Waals surface area contributed by atoms with Crippen molar-refractivity contribution in [3.8, 4) is 0 Å². The van der Waals surface area contributed by atoms with Crippen LogP contribution in [0.3, 0.4) is 0 Å². The predicted octanol–water partition coefficient (Wildman–Crippen LogP) is 4.92. The van der Waals surface area contributed by atoms with Crippen molar-refractivity contribution < 1.29 is 14.3 Å². The number of Topliss-reactive ketones (excluding diaryl/α,β-unsaturated/α-hetero) is 1. The van der Waals surface area contributed by atoms with Gasteiger partial charge in [-0.05, 0) is 74.8 Å². The number of carbonyl (C=O) groups excluding carboxylic acids is 2. The summed E-state index contributed by atoms with van der Waals surface area (Å²) < 4.78 is 5.45. The average Bonchev–Trinajstić information content (AvgIpc) is 2.99. The summed E-state index contributed by atoms with van der Waals surface area (Å²) in [5.41, 5.74) is 4.05. The van der Waals surface area contributed by atoms with Crippen molar-refractivity contribution in [3.63, 3.8) is 0 Å². The molecule has 0 spiro atoms. The lowest BCUT2D eigenvalue weighted by atomic mass is 9.90. The molecule has 0 saturated heterocycles. The Morgan fingerprint density at radius 3 is 2.68 bits per heavy atom. The predicted molar refractivity (Wildman–Crippen MR) is 101 cm³/mol. The summed E-state index contributed by atoms with van der Waals surface area (Å²) in [5.74, 6) is 0.111. The first-order chi connectivity index (χ1) is 11.8. The molecule has 25 heavy (non-hydrogen) atoms. The van der Waals surface area contributed by atoms with Crippen LogP contribution in [-0.2, 0) is 17.6 Å². The van der Waals surface area contributed by atoms with Gasteiger partial charge in [-0.25, -0.2) is 4.79 Å². The third-order valence-electron chi connectivity index (χ3n) is 4.97. The van der Waals surface area contributed by atoms with Crippen LogP contribution >= 0.6 is 11.3 Å². The molecule has 3 nitrogen and oxygen atoms in total. The van der Waals surface area contributed by atoms with Gasteiger partial charge in [-0.15, -0.1) is 11.3 Å². The Hall–Kier alpha value is -1.94. The van der Waals surface area contributed by atoms with Gasteiger partial charge in [0.1, 0.15) is 4.88 Å². The average molecular weight is 356 g/mol. The lowest BCUT2D eigenvalue weighted by molar-refractivity contribution is 0.0323. The van der Waals surface area contributed by atoms with Gasteiger partial charge in [0.2, 0.25) is 5.78 Å². The molecular formula is C21H24O3S. The highest BCUT2D eigenvalue weighted by atomic mass is 32.1. The number of fused-ring (bicyclic) bond motifs is 1. The number of ether oxygens (including phenoxy) is 1. The minimum absolute atomic E-state index is 0.161. The smallest absolute Gasteiger partial charge is 0.349 e. The van der Waals surface area contributed by atoms with Gasteiger partial charge in [0.05, 0.1) is 0 Å². The van der Waals surface area contributed by atoms with Crippen molar-refractivity contribution in [1.82, 2.24) is 0 Å². The second kappa shape index (κ2) is 7.12. The van der Waals surface area contributed by atoms with Crippen molar-refractivity contribution in [2.24, 2.45) is 5.92 Å². The molecule has 0 saturated carbocycles. The minimum atomic E-state index is -0.785. The van der Waals surface area contributed by atoms with Gasteiger partial charge in [-0.1, -0.05) is 19.1 Å². The van der Waals surface area contributed by atoms with Gasteiger partial charge >= 0.3 is 5.97 Å². The number of ketones is 1. The third kappa shape index (κ3) is 3.84. The first-order valence-corrected chi connectivity index (χ1v) is 9.61. The number of esters is 1. The van der Waals surface area contributed by atoms with Gasteiger partial charge in [0.25, 0.3) is 0 Å². The molecule has 2 aromatic rings. The Morgan fingerprint density at radius 1 is 1.20 bits per heavy atom. The van der Waals surface area contributed by atoms with E-state index in [1.165, 1.54) is 28.2 Å². The molecule has 1 aromatic heterocycles. The highest BCUT2D eigenvalue weighted by molar-refractivity contribution is 7.14. The van der Waals surface area contributed by atoms with E-state index < -0.39 is 12.1 Å². The fourth-order valence-corrected chi connectivity index (χ4v) is 4.30. The molecule has 0 radical (unpaired) electrons. The van der Waals surface area contributed by atoms with E-state index >= 15 is 0 Å². The van der Waals surface area contributed by atoms with E-state index in [1.54, 1.807) is 13.0 Å². The maximum atomic E-state index is 12.5. The summed E-state index contributed by atoms with van der Waals surface area (Å²) in [5, 5.41) is 0. The zero-order valence-electron chi connectivity index (χ0n) is 15.2. The lowest BCUT2D eigenvalue weighted by Crippen LogP contribution is -2.24. The van der Waals surface area contributed by atoms with E-state index in [4.69, 9.17) is 4.74 Å². The van der Waals surface area contributed by atoms with Crippen LogP contribution in [0.5, 0.6) is 0 Å². The van der Waals surface area contributed by atoms with Gasteiger partial charge in [-0.3, -0.25) is 4.79 Å². The summed E-state index contributed by atoms with van der Waals surface area (Å²) >= 11 is 1.51. The Morgan fingerprint density at radius 2 is 1.96 bits per heavy atom. The summed E-state index contributed by atoms with van der Waals surface area (Å²) in [6, 6.07) is 7.52. The van der Waals surface area contributed by atoms with Crippen LogP contribution in [-0.4, -0.2) is 17.9 Å². The van der Waals surface area contributed by atoms with Crippen LogP contribution in [0.1, 0.15) is 61.9 Å². The van der Waals surface area contributed by atoms with Crippen LogP contribution in [0.4, 0.5) is 0 Å². The van der Waals surface area contributed by atoms with Crippen LogP contribution < -0.4 is 0 Å². The number of aryl methyl sites for hydroxylation is 3.